The number of anilines is 1. The molecule has 5 rings (SSSR count). The van der Waals surface area contributed by atoms with E-state index in [2.05, 4.69) is 31.1 Å². The first kappa shape index (κ1) is 27.9. The van der Waals surface area contributed by atoms with Crippen LogP contribution >= 0.6 is 23.4 Å². The maximum atomic E-state index is 13.9. The van der Waals surface area contributed by atoms with Crippen LogP contribution in [0.5, 0.6) is 0 Å². The van der Waals surface area contributed by atoms with Crippen LogP contribution in [-0.4, -0.2) is 38.9 Å². The van der Waals surface area contributed by atoms with Crippen LogP contribution in [0.15, 0.2) is 72.9 Å². The average Bonchev–Trinajstić information content (AvgIpc) is 3.26. The Kier molecular flexibility index (Phi) is 7.96. The lowest BCUT2D eigenvalue weighted by Crippen LogP contribution is -2.42. The lowest BCUT2D eigenvalue weighted by Gasteiger charge is -2.24. The molecule has 2 amide bonds. The maximum absolute atomic E-state index is 13.9. The van der Waals surface area contributed by atoms with Crippen LogP contribution < -0.4 is 10.2 Å². The monoisotopic (exact) mass is 577 g/mol. The topological polar surface area (TPSA) is 80.1 Å². The van der Waals surface area contributed by atoms with E-state index in [0.29, 0.717) is 22.2 Å². The first-order chi connectivity index (χ1) is 19.1. The van der Waals surface area contributed by atoms with Gasteiger partial charge >= 0.3 is 0 Å². The SMILES string of the molecule is CC(C)(C)c1nn(-c2ccc(F)cc2)c2c1C(c1cccc(Cl)c1)SCC(=O)N2CC(=O)NCc1ccccn1. The van der Waals surface area contributed by atoms with Crippen molar-refractivity contribution in [2.45, 2.75) is 38.0 Å². The van der Waals surface area contributed by atoms with E-state index < -0.39 is 5.41 Å². The van der Waals surface area contributed by atoms with Gasteiger partial charge in [-0.05, 0) is 54.1 Å². The van der Waals surface area contributed by atoms with E-state index in [-0.39, 0.29) is 41.7 Å². The third kappa shape index (κ3) is 5.90. The van der Waals surface area contributed by atoms with Crippen LogP contribution in [0.3, 0.4) is 0 Å². The molecule has 2 aromatic carbocycles. The predicted octanol–water partition coefficient (Wildman–Crippen LogP) is 5.84. The largest absolute Gasteiger partial charge is 0.349 e. The number of hydrogen-bond acceptors (Lipinski definition) is 5. The number of halogens is 2. The maximum Gasteiger partial charge on any atom is 0.240 e. The smallest absolute Gasteiger partial charge is 0.240 e. The molecule has 2 aromatic heterocycles. The molecule has 0 fully saturated rings. The van der Waals surface area contributed by atoms with Crippen molar-refractivity contribution >= 4 is 41.0 Å². The second-order valence-electron chi connectivity index (χ2n) is 10.5. The summed E-state index contributed by atoms with van der Waals surface area (Å²) in [6.45, 7) is 6.19. The Bertz CT molecular complexity index is 1540. The minimum absolute atomic E-state index is 0.145. The molecule has 0 spiro atoms. The standard InChI is InChI=1S/C30H29ClFN5O2S/c1-30(2,3)28-26-27(19-7-6-8-20(31)15-19)40-18-25(39)36(17-24(38)34-16-22-9-4-5-14-33-22)29(26)37(35-28)23-12-10-21(32)11-13-23/h4-15,27H,16-18H2,1-3H3,(H,34,38). The van der Waals surface area contributed by atoms with Crippen molar-refractivity contribution in [3.63, 3.8) is 0 Å². The molecule has 1 atom stereocenters. The van der Waals surface area contributed by atoms with E-state index >= 15 is 0 Å². The fourth-order valence-corrected chi connectivity index (χ4v) is 6.05. The van der Waals surface area contributed by atoms with Crippen LogP contribution in [0.25, 0.3) is 5.69 Å². The second kappa shape index (κ2) is 11.4. The van der Waals surface area contributed by atoms with Crippen molar-refractivity contribution in [2.24, 2.45) is 0 Å². The summed E-state index contributed by atoms with van der Waals surface area (Å²) >= 11 is 7.86. The van der Waals surface area contributed by atoms with Crippen molar-refractivity contribution < 1.29 is 14.0 Å². The van der Waals surface area contributed by atoms with Crippen LogP contribution in [0.1, 0.15) is 48.5 Å². The summed E-state index contributed by atoms with van der Waals surface area (Å²) in [5, 5.41) is 8.19. The highest BCUT2D eigenvalue weighted by molar-refractivity contribution is 8.00. The molecular weight excluding hydrogens is 549 g/mol. The molecule has 1 unspecified atom stereocenters. The van der Waals surface area contributed by atoms with E-state index in [4.69, 9.17) is 16.7 Å². The van der Waals surface area contributed by atoms with Crippen LogP contribution in [0.2, 0.25) is 5.02 Å². The molecule has 0 aliphatic carbocycles. The number of rotatable bonds is 6. The number of thioether (sulfide) groups is 1. The number of nitrogens with zero attached hydrogens (tertiary/aromatic N) is 4. The third-order valence-electron chi connectivity index (χ3n) is 6.52. The number of aromatic nitrogens is 3. The van der Waals surface area contributed by atoms with Crippen molar-refractivity contribution in [3.05, 3.63) is 106 Å². The molecule has 4 aromatic rings. The number of carbonyl (C=O) groups excluding carboxylic acids is 2. The Morgan fingerprint density at radius 3 is 2.58 bits per heavy atom. The summed E-state index contributed by atoms with van der Waals surface area (Å²) in [6, 6.07) is 19.0. The van der Waals surface area contributed by atoms with Gasteiger partial charge in [0.1, 0.15) is 18.2 Å². The lowest BCUT2D eigenvalue weighted by molar-refractivity contribution is -0.123. The highest BCUT2D eigenvalue weighted by Gasteiger charge is 2.40. The van der Waals surface area contributed by atoms with Gasteiger partial charge in [-0.1, -0.05) is 50.6 Å². The van der Waals surface area contributed by atoms with E-state index in [9.17, 15) is 14.0 Å². The number of pyridine rings is 1. The molecule has 0 radical (unpaired) electrons. The highest BCUT2D eigenvalue weighted by atomic mass is 35.5. The van der Waals surface area contributed by atoms with Gasteiger partial charge < -0.3 is 5.32 Å². The molecular formula is C30H29ClFN5O2S. The summed E-state index contributed by atoms with van der Waals surface area (Å²) in [4.78, 5) is 32.7. The lowest BCUT2D eigenvalue weighted by atomic mass is 9.87. The Morgan fingerprint density at radius 1 is 1.12 bits per heavy atom. The Labute approximate surface area is 241 Å². The Balaban J connectivity index is 1.65. The van der Waals surface area contributed by atoms with Crippen LogP contribution in [-0.2, 0) is 21.5 Å². The Morgan fingerprint density at radius 2 is 1.90 bits per heavy atom. The molecule has 0 bridgehead atoms. The highest BCUT2D eigenvalue weighted by Crippen LogP contribution is 2.48. The third-order valence-corrected chi connectivity index (χ3v) is 8.01. The molecule has 10 heteroatoms. The fraction of sp³-hybridized carbons (Fsp3) is 0.267. The van der Waals surface area contributed by atoms with Crippen molar-refractivity contribution in [2.75, 3.05) is 17.2 Å². The van der Waals surface area contributed by atoms with Gasteiger partial charge in [0.2, 0.25) is 11.8 Å². The second-order valence-corrected chi connectivity index (χ2v) is 12.1. The number of benzene rings is 2. The van der Waals surface area contributed by atoms with E-state index in [1.165, 1.54) is 28.8 Å². The molecule has 206 valence electrons. The number of amides is 2. The van der Waals surface area contributed by atoms with E-state index in [1.807, 2.05) is 36.4 Å². The molecule has 7 nitrogen and oxygen atoms in total. The Hall–Kier alpha value is -3.69. The minimum atomic E-state index is -0.410. The van der Waals surface area contributed by atoms with Crippen molar-refractivity contribution in [3.8, 4) is 5.69 Å². The molecule has 1 aliphatic rings. The predicted molar refractivity (Wildman–Crippen MR) is 156 cm³/mol. The molecule has 0 saturated heterocycles. The number of nitrogens with one attached hydrogen (secondary N) is 1. The van der Waals surface area contributed by atoms with Crippen molar-refractivity contribution in [1.82, 2.24) is 20.1 Å². The number of carbonyl (C=O) groups is 2. The zero-order valence-corrected chi connectivity index (χ0v) is 24.0. The summed E-state index contributed by atoms with van der Waals surface area (Å²) in [5.41, 5.74) is 3.41. The average molecular weight is 578 g/mol. The van der Waals surface area contributed by atoms with Gasteiger partial charge in [0.25, 0.3) is 0 Å². The quantitative estimate of drug-likeness (QED) is 0.311. The van der Waals surface area contributed by atoms with Gasteiger partial charge in [-0.15, -0.1) is 11.8 Å². The molecule has 1 N–H and O–H groups in total. The summed E-state index contributed by atoms with van der Waals surface area (Å²) in [5.74, 6) is -0.309. The fourth-order valence-electron chi connectivity index (χ4n) is 4.66. The first-order valence-electron chi connectivity index (χ1n) is 12.8. The summed E-state index contributed by atoms with van der Waals surface area (Å²) in [7, 11) is 0. The molecule has 3 heterocycles. The molecule has 1 aliphatic heterocycles. The van der Waals surface area contributed by atoms with Crippen LogP contribution in [0, 0.1) is 5.82 Å². The molecule has 0 saturated carbocycles. The van der Waals surface area contributed by atoms with E-state index in [1.54, 1.807) is 29.1 Å². The van der Waals surface area contributed by atoms with Gasteiger partial charge in [0.05, 0.1) is 34.6 Å². The number of hydrogen-bond donors (Lipinski definition) is 1. The minimum Gasteiger partial charge on any atom is -0.349 e. The van der Waals surface area contributed by atoms with Crippen molar-refractivity contribution in [1.29, 1.82) is 0 Å². The normalized spacial score (nSPS) is 15.5. The zero-order chi connectivity index (χ0) is 28.4. The summed E-state index contributed by atoms with van der Waals surface area (Å²) in [6.07, 6.45) is 1.66. The van der Waals surface area contributed by atoms with Gasteiger partial charge in [0.15, 0.2) is 0 Å². The van der Waals surface area contributed by atoms with Gasteiger partial charge in [-0.3, -0.25) is 19.5 Å². The number of fused-ring (bicyclic) bond motifs is 1. The first-order valence-corrected chi connectivity index (χ1v) is 14.3. The van der Waals surface area contributed by atoms with Gasteiger partial charge in [-0.2, -0.15) is 5.10 Å². The van der Waals surface area contributed by atoms with Gasteiger partial charge in [-0.25, -0.2) is 9.07 Å². The van der Waals surface area contributed by atoms with Crippen LogP contribution in [0.4, 0.5) is 10.2 Å². The summed E-state index contributed by atoms with van der Waals surface area (Å²) < 4.78 is 15.5. The molecule has 40 heavy (non-hydrogen) atoms. The van der Waals surface area contributed by atoms with Gasteiger partial charge in [0, 0.05) is 22.2 Å². The van der Waals surface area contributed by atoms with E-state index in [0.717, 1.165) is 16.8 Å². The zero-order valence-electron chi connectivity index (χ0n) is 22.4.